The van der Waals surface area contributed by atoms with E-state index < -0.39 is 0 Å². The number of benzene rings is 1. The van der Waals surface area contributed by atoms with Crippen LogP contribution in [0.3, 0.4) is 0 Å². The number of anilines is 1. The maximum atomic E-state index is 5.93. The molecule has 1 atom stereocenters. The van der Waals surface area contributed by atoms with Gasteiger partial charge in [0.2, 0.25) is 0 Å². The third kappa shape index (κ3) is 4.20. The summed E-state index contributed by atoms with van der Waals surface area (Å²) < 4.78 is 11.2. The van der Waals surface area contributed by atoms with Gasteiger partial charge in [-0.3, -0.25) is 4.98 Å². The third-order valence-electron chi connectivity index (χ3n) is 4.55. The fourth-order valence-corrected chi connectivity index (χ4v) is 4.01. The van der Waals surface area contributed by atoms with E-state index in [9.17, 15) is 0 Å². The minimum absolute atomic E-state index is 0.230. The number of pyridine rings is 1. The van der Waals surface area contributed by atoms with Crippen molar-refractivity contribution in [2.24, 2.45) is 0 Å². The third-order valence-corrected chi connectivity index (χ3v) is 5.43. The molecular weight excluding hydrogens is 360 g/mol. The maximum Gasteiger partial charge on any atom is 0.186 e. The van der Waals surface area contributed by atoms with Crippen molar-refractivity contribution in [3.63, 3.8) is 0 Å². The SMILES string of the molecule is COc1ccc(-c2csc(N3CCNCC3COc3cccnc3)n2)cc1. The van der Waals surface area contributed by atoms with E-state index in [0.717, 1.165) is 47.5 Å². The Labute approximate surface area is 162 Å². The van der Waals surface area contributed by atoms with E-state index in [2.05, 4.69) is 20.6 Å². The summed E-state index contributed by atoms with van der Waals surface area (Å²) in [5.41, 5.74) is 2.08. The van der Waals surface area contributed by atoms with Crippen LogP contribution in [0, 0.1) is 0 Å². The molecule has 3 heterocycles. The highest BCUT2D eigenvalue weighted by Crippen LogP contribution is 2.30. The Hall–Kier alpha value is -2.64. The van der Waals surface area contributed by atoms with E-state index in [1.807, 2.05) is 36.4 Å². The first-order chi connectivity index (χ1) is 13.3. The number of rotatable bonds is 6. The van der Waals surface area contributed by atoms with Crippen molar-refractivity contribution < 1.29 is 9.47 Å². The van der Waals surface area contributed by atoms with Gasteiger partial charge in [0.15, 0.2) is 5.13 Å². The molecule has 1 aromatic carbocycles. The molecule has 0 saturated carbocycles. The highest BCUT2D eigenvalue weighted by atomic mass is 32.1. The summed E-state index contributed by atoms with van der Waals surface area (Å²) in [6.07, 6.45) is 3.49. The van der Waals surface area contributed by atoms with Gasteiger partial charge in [0.1, 0.15) is 18.1 Å². The molecule has 27 heavy (non-hydrogen) atoms. The average Bonchev–Trinajstić information content (AvgIpc) is 3.23. The Kier molecular flexibility index (Phi) is 5.50. The molecule has 1 aliphatic rings. The van der Waals surface area contributed by atoms with Crippen molar-refractivity contribution in [3.05, 3.63) is 54.2 Å². The Bertz CT molecular complexity index is 854. The number of piperazine rings is 1. The Morgan fingerprint density at radius 1 is 1.22 bits per heavy atom. The molecule has 2 aromatic heterocycles. The van der Waals surface area contributed by atoms with E-state index in [0.29, 0.717) is 6.61 Å². The van der Waals surface area contributed by atoms with Crippen molar-refractivity contribution in [1.29, 1.82) is 0 Å². The van der Waals surface area contributed by atoms with E-state index in [1.165, 1.54) is 0 Å². The molecule has 1 aliphatic heterocycles. The quantitative estimate of drug-likeness (QED) is 0.707. The summed E-state index contributed by atoms with van der Waals surface area (Å²) in [5, 5.41) is 6.59. The highest BCUT2D eigenvalue weighted by Gasteiger charge is 2.25. The topological polar surface area (TPSA) is 59.5 Å². The van der Waals surface area contributed by atoms with Gasteiger partial charge in [0.25, 0.3) is 0 Å². The van der Waals surface area contributed by atoms with Gasteiger partial charge in [-0.15, -0.1) is 11.3 Å². The summed E-state index contributed by atoms with van der Waals surface area (Å²) in [6.45, 7) is 3.32. The number of thiazole rings is 1. The molecule has 1 N–H and O–H groups in total. The first-order valence-electron chi connectivity index (χ1n) is 8.93. The molecule has 7 heteroatoms. The van der Waals surface area contributed by atoms with E-state index in [-0.39, 0.29) is 6.04 Å². The summed E-state index contributed by atoms with van der Waals surface area (Å²) in [6, 6.07) is 12.0. The van der Waals surface area contributed by atoms with Gasteiger partial charge in [-0.05, 0) is 36.4 Å². The lowest BCUT2D eigenvalue weighted by atomic mass is 10.2. The second-order valence-corrected chi connectivity index (χ2v) is 7.13. The molecule has 3 aromatic rings. The van der Waals surface area contributed by atoms with Gasteiger partial charge < -0.3 is 19.7 Å². The van der Waals surface area contributed by atoms with Gasteiger partial charge in [-0.25, -0.2) is 4.98 Å². The molecule has 140 valence electrons. The normalized spacial score (nSPS) is 16.9. The van der Waals surface area contributed by atoms with Crippen LogP contribution < -0.4 is 19.7 Å². The van der Waals surface area contributed by atoms with E-state index in [1.54, 1.807) is 30.8 Å². The zero-order valence-electron chi connectivity index (χ0n) is 15.2. The average molecular weight is 382 g/mol. The molecule has 0 spiro atoms. The Balaban J connectivity index is 1.47. The number of methoxy groups -OCH3 is 1. The summed E-state index contributed by atoms with van der Waals surface area (Å²) in [7, 11) is 1.67. The van der Waals surface area contributed by atoms with Crippen LogP contribution in [0.15, 0.2) is 54.2 Å². The number of nitrogens with zero attached hydrogens (tertiary/aromatic N) is 3. The van der Waals surface area contributed by atoms with Crippen LogP contribution in [-0.4, -0.2) is 49.4 Å². The largest absolute Gasteiger partial charge is 0.497 e. The molecule has 6 nitrogen and oxygen atoms in total. The fourth-order valence-electron chi connectivity index (χ4n) is 3.08. The lowest BCUT2D eigenvalue weighted by Crippen LogP contribution is -2.54. The molecule has 1 fully saturated rings. The standard InChI is InChI=1S/C20H22N4O2S/c1-25-17-6-4-15(5-7-17)19-14-27-20(23-19)24-10-9-22-11-16(24)13-26-18-3-2-8-21-12-18/h2-8,12,14,16,22H,9-11,13H2,1H3. The van der Waals surface area contributed by atoms with Crippen molar-refractivity contribution in [2.75, 3.05) is 38.3 Å². The van der Waals surface area contributed by atoms with Crippen molar-refractivity contribution >= 4 is 16.5 Å². The molecule has 0 aliphatic carbocycles. The van der Waals surface area contributed by atoms with Gasteiger partial charge in [-0.1, -0.05) is 0 Å². The number of hydrogen-bond donors (Lipinski definition) is 1. The summed E-state index contributed by atoms with van der Waals surface area (Å²) >= 11 is 1.67. The monoisotopic (exact) mass is 382 g/mol. The molecule has 1 saturated heterocycles. The smallest absolute Gasteiger partial charge is 0.186 e. The van der Waals surface area contributed by atoms with Crippen molar-refractivity contribution in [3.8, 4) is 22.8 Å². The molecule has 0 amide bonds. The van der Waals surface area contributed by atoms with Gasteiger partial charge in [0.05, 0.1) is 25.0 Å². The van der Waals surface area contributed by atoms with Crippen LogP contribution >= 0.6 is 11.3 Å². The molecule has 4 rings (SSSR count). The van der Waals surface area contributed by atoms with Crippen LogP contribution in [0.4, 0.5) is 5.13 Å². The summed E-state index contributed by atoms with van der Waals surface area (Å²) in [5.74, 6) is 1.64. The Morgan fingerprint density at radius 2 is 2.11 bits per heavy atom. The molecular formula is C20H22N4O2S. The minimum atomic E-state index is 0.230. The Morgan fingerprint density at radius 3 is 2.89 bits per heavy atom. The minimum Gasteiger partial charge on any atom is -0.497 e. The number of nitrogens with one attached hydrogen (secondary N) is 1. The summed E-state index contributed by atoms with van der Waals surface area (Å²) in [4.78, 5) is 11.3. The van der Waals surface area contributed by atoms with E-state index >= 15 is 0 Å². The van der Waals surface area contributed by atoms with Crippen LogP contribution in [0.25, 0.3) is 11.3 Å². The maximum absolute atomic E-state index is 5.93. The van der Waals surface area contributed by atoms with Crippen LogP contribution in [0.5, 0.6) is 11.5 Å². The van der Waals surface area contributed by atoms with Crippen LogP contribution in [0.2, 0.25) is 0 Å². The highest BCUT2D eigenvalue weighted by molar-refractivity contribution is 7.14. The fraction of sp³-hybridized carbons (Fsp3) is 0.300. The zero-order chi connectivity index (χ0) is 18.5. The molecule has 1 unspecified atom stereocenters. The van der Waals surface area contributed by atoms with Crippen molar-refractivity contribution in [2.45, 2.75) is 6.04 Å². The van der Waals surface area contributed by atoms with Gasteiger partial charge in [-0.2, -0.15) is 0 Å². The van der Waals surface area contributed by atoms with Gasteiger partial charge in [0, 0.05) is 36.8 Å². The number of ether oxygens (including phenoxy) is 2. The number of hydrogen-bond acceptors (Lipinski definition) is 7. The van der Waals surface area contributed by atoms with E-state index in [4.69, 9.17) is 14.5 Å². The van der Waals surface area contributed by atoms with Gasteiger partial charge >= 0.3 is 0 Å². The molecule has 0 bridgehead atoms. The first-order valence-corrected chi connectivity index (χ1v) is 9.81. The lowest BCUT2D eigenvalue weighted by molar-refractivity contribution is 0.266. The van der Waals surface area contributed by atoms with Crippen LogP contribution in [0.1, 0.15) is 0 Å². The number of aromatic nitrogens is 2. The lowest BCUT2D eigenvalue weighted by Gasteiger charge is -2.35. The van der Waals surface area contributed by atoms with Crippen molar-refractivity contribution in [1.82, 2.24) is 15.3 Å². The second-order valence-electron chi connectivity index (χ2n) is 6.29. The predicted molar refractivity (Wildman–Crippen MR) is 108 cm³/mol. The predicted octanol–water partition coefficient (Wildman–Crippen LogP) is 3.07. The van der Waals surface area contributed by atoms with Crippen LogP contribution in [-0.2, 0) is 0 Å². The zero-order valence-corrected chi connectivity index (χ0v) is 16.0. The second kappa shape index (κ2) is 8.37. The first kappa shape index (κ1) is 17.8. The molecule has 0 radical (unpaired) electrons.